The van der Waals surface area contributed by atoms with Gasteiger partial charge in [-0.25, -0.2) is 4.98 Å². The first-order valence-electron chi connectivity index (χ1n) is 3.17. The number of aromatic amines is 1. The number of hydrogen-bond acceptors (Lipinski definition) is 4. The van der Waals surface area contributed by atoms with E-state index in [9.17, 15) is 4.79 Å². The molecule has 5 nitrogen and oxygen atoms in total. The van der Waals surface area contributed by atoms with E-state index < -0.39 is 0 Å². The third-order valence-corrected chi connectivity index (χ3v) is 1.48. The molecule has 1 aromatic heterocycles. The first-order valence-corrected chi connectivity index (χ1v) is 3.55. The summed E-state index contributed by atoms with van der Waals surface area (Å²) in [7, 11) is 1.58. The van der Waals surface area contributed by atoms with Gasteiger partial charge in [-0.3, -0.25) is 9.78 Å². The molecule has 3 N–H and O–H groups in total. The average Bonchev–Trinajstić information content (AvgIpc) is 2.03. The summed E-state index contributed by atoms with van der Waals surface area (Å²) >= 11 is 5.46. The van der Waals surface area contributed by atoms with E-state index >= 15 is 0 Å². The Labute approximate surface area is 73.3 Å². The summed E-state index contributed by atoms with van der Waals surface area (Å²) in [5, 5.41) is 9.55. The molecular formula is C6H7ClN4O. The molecule has 6 heteroatoms. The summed E-state index contributed by atoms with van der Waals surface area (Å²) in [6, 6.07) is 0. The van der Waals surface area contributed by atoms with Gasteiger partial charge in [0.2, 0.25) is 5.28 Å². The number of hydrogen-bond donors (Lipinski definition) is 3. The summed E-state index contributed by atoms with van der Waals surface area (Å²) in [6.07, 6.45) is 0.965. The number of halogens is 1. The number of rotatable bonds is 2. The standard InChI is InChI=1S/C6H7ClN4O/c1-9-4-3(2-8)10-6(7)11-5(4)12/h2,8-9H,1H3,(H,10,11,12). The average molecular weight is 187 g/mol. The Bertz CT molecular complexity index is 359. The van der Waals surface area contributed by atoms with Gasteiger partial charge in [-0.05, 0) is 11.6 Å². The van der Waals surface area contributed by atoms with Crippen LogP contribution in [0.1, 0.15) is 5.69 Å². The number of aromatic nitrogens is 2. The maximum Gasteiger partial charge on any atom is 0.275 e. The number of nitrogens with zero attached hydrogens (tertiary/aromatic N) is 1. The van der Waals surface area contributed by atoms with Crippen molar-refractivity contribution in [3.63, 3.8) is 0 Å². The zero-order valence-corrected chi connectivity index (χ0v) is 7.07. The van der Waals surface area contributed by atoms with Gasteiger partial charge in [-0.2, -0.15) is 0 Å². The highest BCUT2D eigenvalue weighted by Crippen LogP contribution is 2.05. The fraction of sp³-hybridized carbons (Fsp3) is 0.167. The van der Waals surface area contributed by atoms with E-state index in [1.54, 1.807) is 7.05 Å². The minimum Gasteiger partial charge on any atom is -0.382 e. The van der Waals surface area contributed by atoms with Crippen LogP contribution in [-0.4, -0.2) is 23.2 Å². The Hall–Kier alpha value is -1.36. The van der Waals surface area contributed by atoms with Crippen molar-refractivity contribution in [2.45, 2.75) is 0 Å². The molecule has 0 saturated carbocycles. The molecule has 0 atom stereocenters. The summed E-state index contributed by atoms with van der Waals surface area (Å²) in [4.78, 5) is 17.1. The van der Waals surface area contributed by atoms with Crippen LogP contribution in [0.3, 0.4) is 0 Å². The van der Waals surface area contributed by atoms with Gasteiger partial charge in [-0.1, -0.05) is 0 Å². The molecule has 0 fully saturated rings. The molecule has 0 aliphatic carbocycles. The molecule has 12 heavy (non-hydrogen) atoms. The third-order valence-electron chi connectivity index (χ3n) is 1.31. The molecule has 0 unspecified atom stereocenters. The number of anilines is 1. The second kappa shape index (κ2) is 3.36. The lowest BCUT2D eigenvalue weighted by Crippen LogP contribution is -2.16. The van der Waals surface area contributed by atoms with Crippen LogP contribution in [-0.2, 0) is 0 Å². The minimum absolute atomic E-state index is 0.0162. The molecule has 0 spiro atoms. The smallest absolute Gasteiger partial charge is 0.275 e. The lowest BCUT2D eigenvalue weighted by molar-refractivity contribution is 1.10. The predicted molar refractivity (Wildman–Crippen MR) is 47.3 cm³/mol. The summed E-state index contributed by atoms with van der Waals surface area (Å²) in [6.45, 7) is 0. The molecule has 0 radical (unpaired) electrons. The third kappa shape index (κ3) is 1.45. The number of H-pyrrole nitrogens is 1. The van der Waals surface area contributed by atoms with Gasteiger partial charge in [0, 0.05) is 13.3 Å². The van der Waals surface area contributed by atoms with Crippen molar-refractivity contribution in [3.05, 3.63) is 21.3 Å². The summed E-state index contributed by atoms with van der Waals surface area (Å²) in [5.74, 6) is 0. The zero-order chi connectivity index (χ0) is 9.14. The van der Waals surface area contributed by atoms with E-state index in [2.05, 4.69) is 15.3 Å². The van der Waals surface area contributed by atoms with Crippen LogP contribution in [0.5, 0.6) is 0 Å². The fourth-order valence-electron chi connectivity index (χ4n) is 0.808. The van der Waals surface area contributed by atoms with Gasteiger partial charge >= 0.3 is 0 Å². The highest BCUT2D eigenvalue weighted by Gasteiger charge is 2.05. The molecule has 0 aliphatic rings. The molecule has 0 bridgehead atoms. The predicted octanol–water partition coefficient (Wildman–Crippen LogP) is 0.463. The second-order valence-electron chi connectivity index (χ2n) is 2.01. The van der Waals surface area contributed by atoms with E-state index in [0.29, 0.717) is 0 Å². The van der Waals surface area contributed by atoms with Gasteiger partial charge in [0.1, 0.15) is 11.4 Å². The Morgan fingerprint density at radius 3 is 2.92 bits per heavy atom. The van der Waals surface area contributed by atoms with Crippen molar-refractivity contribution in [1.29, 1.82) is 5.41 Å². The van der Waals surface area contributed by atoms with Gasteiger partial charge in [0.05, 0.1) is 0 Å². The maximum atomic E-state index is 11.1. The van der Waals surface area contributed by atoms with Crippen LogP contribution in [0.2, 0.25) is 5.28 Å². The molecule has 0 aliphatic heterocycles. The van der Waals surface area contributed by atoms with Gasteiger partial charge in [-0.15, -0.1) is 0 Å². The van der Waals surface area contributed by atoms with Gasteiger partial charge in [0.15, 0.2) is 0 Å². The van der Waals surface area contributed by atoms with E-state index in [0.717, 1.165) is 6.21 Å². The molecule has 0 amide bonds. The quantitative estimate of drug-likeness (QED) is 0.464. The van der Waals surface area contributed by atoms with Crippen LogP contribution in [0.4, 0.5) is 5.69 Å². The zero-order valence-electron chi connectivity index (χ0n) is 6.31. The molecule has 0 saturated heterocycles. The highest BCUT2D eigenvalue weighted by atomic mass is 35.5. The summed E-state index contributed by atoms with van der Waals surface area (Å²) < 4.78 is 0. The van der Waals surface area contributed by atoms with Crippen molar-refractivity contribution in [2.75, 3.05) is 12.4 Å². The maximum absolute atomic E-state index is 11.1. The van der Waals surface area contributed by atoms with Gasteiger partial charge < -0.3 is 10.7 Å². The van der Waals surface area contributed by atoms with E-state index in [1.165, 1.54) is 0 Å². The molecule has 1 aromatic rings. The Morgan fingerprint density at radius 2 is 2.42 bits per heavy atom. The van der Waals surface area contributed by atoms with Crippen molar-refractivity contribution in [3.8, 4) is 0 Å². The lowest BCUT2D eigenvalue weighted by Gasteiger charge is -2.01. The Kier molecular flexibility index (Phi) is 2.44. The first-order chi connectivity index (χ1) is 5.69. The van der Waals surface area contributed by atoms with E-state index in [4.69, 9.17) is 17.0 Å². The lowest BCUT2D eigenvalue weighted by atomic mass is 10.3. The molecule has 1 heterocycles. The monoisotopic (exact) mass is 186 g/mol. The normalized spacial score (nSPS) is 9.50. The van der Waals surface area contributed by atoms with Crippen LogP contribution in [0, 0.1) is 5.41 Å². The van der Waals surface area contributed by atoms with Crippen LogP contribution < -0.4 is 10.9 Å². The number of nitrogens with one attached hydrogen (secondary N) is 3. The first kappa shape index (κ1) is 8.73. The second-order valence-corrected chi connectivity index (χ2v) is 2.37. The highest BCUT2D eigenvalue weighted by molar-refractivity contribution is 6.28. The molecule has 64 valence electrons. The van der Waals surface area contributed by atoms with Crippen molar-refractivity contribution >= 4 is 23.5 Å². The molecule has 1 rings (SSSR count). The SMILES string of the molecule is CNc1c(C=N)nc(Cl)[nH]c1=O. The molecular weight excluding hydrogens is 180 g/mol. The fourth-order valence-corrected chi connectivity index (χ4v) is 0.985. The largest absolute Gasteiger partial charge is 0.382 e. The molecule has 0 aromatic carbocycles. The van der Waals surface area contributed by atoms with Crippen LogP contribution in [0.25, 0.3) is 0 Å². The Balaban J connectivity index is 3.44. The Morgan fingerprint density at radius 1 is 1.75 bits per heavy atom. The van der Waals surface area contributed by atoms with E-state index in [-0.39, 0.29) is 22.2 Å². The topological polar surface area (TPSA) is 81.6 Å². The van der Waals surface area contributed by atoms with Gasteiger partial charge in [0.25, 0.3) is 5.56 Å². The van der Waals surface area contributed by atoms with Crippen molar-refractivity contribution in [1.82, 2.24) is 9.97 Å². The van der Waals surface area contributed by atoms with Crippen LogP contribution in [0.15, 0.2) is 4.79 Å². The van der Waals surface area contributed by atoms with Crippen molar-refractivity contribution < 1.29 is 0 Å². The minimum atomic E-state index is -0.379. The van der Waals surface area contributed by atoms with Crippen molar-refractivity contribution in [2.24, 2.45) is 0 Å². The summed E-state index contributed by atoms with van der Waals surface area (Å²) in [5.41, 5.74) is 0.0941. The van der Waals surface area contributed by atoms with Crippen LogP contribution >= 0.6 is 11.6 Å². The van der Waals surface area contributed by atoms with E-state index in [1.807, 2.05) is 0 Å².